The smallest absolute Gasteiger partial charge is 0.261 e. The van der Waals surface area contributed by atoms with Crippen molar-refractivity contribution in [1.29, 1.82) is 0 Å². The number of ether oxygens (including phenoxy) is 2. The molecule has 4 nitrogen and oxygen atoms in total. The molecule has 0 atom stereocenters. The fraction of sp³-hybridized carbons (Fsp3) is 0.333. The fourth-order valence-corrected chi connectivity index (χ4v) is 0.762. The Kier molecular flexibility index (Phi) is 2.43. The van der Waals surface area contributed by atoms with Crippen molar-refractivity contribution in [3.8, 4) is 11.6 Å². The van der Waals surface area contributed by atoms with Gasteiger partial charge in [0.25, 0.3) is 5.88 Å². The average Bonchev–Trinajstić information content (AvgIpc) is 2.04. The van der Waals surface area contributed by atoms with E-state index < -0.39 is 0 Å². The number of methoxy groups -OCH3 is 2. The zero-order chi connectivity index (χ0) is 8.27. The molecule has 0 aliphatic carbocycles. The van der Waals surface area contributed by atoms with Gasteiger partial charge in [-0.3, -0.25) is 0 Å². The fourth-order valence-electron chi connectivity index (χ4n) is 0.626. The lowest BCUT2D eigenvalue weighted by Crippen LogP contribution is -1.95. The Balaban J connectivity index is 3.06. The minimum Gasteiger partial charge on any atom is -0.490 e. The highest BCUT2D eigenvalue weighted by atomic mass is 32.1. The monoisotopic (exact) mass is 171 g/mol. The van der Waals surface area contributed by atoms with E-state index >= 15 is 0 Å². The highest BCUT2D eigenvalue weighted by Gasteiger charge is 2.04. The molecule has 0 amide bonds. The normalized spacial score (nSPS) is 9.27. The van der Waals surface area contributed by atoms with Gasteiger partial charge < -0.3 is 9.47 Å². The molecule has 0 aromatic carbocycles. The van der Waals surface area contributed by atoms with Crippen LogP contribution in [-0.2, 0) is 0 Å². The summed E-state index contributed by atoms with van der Waals surface area (Å²) in [6.07, 6.45) is 1.48. The summed E-state index contributed by atoms with van der Waals surface area (Å²) in [5.41, 5.74) is 0. The van der Waals surface area contributed by atoms with Crippen LogP contribution in [0.2, 0.25) is 0 Å². The van der Waals surface area contributed by atoms with Crippen molar-refractivity contribution in [1.82, 2.24) is 9.97 Å². The van der Waals surface area contributed by atoms with E-state index in [4.69, 9.17) is 22.1 Å². The summed E-state index contributed by atoms with van der Waals surface area (Å²) >= 11 is 4.72. The first-order valence-corrected chi connectivity index (χ1v) is 3.30. The van der Waals surface area contributed by atoms with Crippen LogP contribution in [0.3, 0.4) is 0 Å². The van der Waals surface area contributed by atoms with Gasteiger partial charge in [0.15, 0.2) is 5.75 Å². The Hall–Kier alpha value is -1.10. The largest absolute Gasteiger partial charge is 0.490 e. The van der Waals surface area contributed by atoms with E-state index in [-0.39, 0.29) is 5.16 Å². The van der Waals surface area contributed by atoms with E-state index in [9.17, 15) is 0 Å². The van der Waals surface area contributed by atoms with E-state index in [0.29, 0.717) is 11.6 Å². The molecule has 0 saturated heterocycles. The first kappa shape index (κ1) is 8.00. The van der Waals surface area contributed by atoms with Gasteiger partial charge >= 0.3 is 0 Å². The molecule has 1 heterocycles. The summed E-state index contributed by atoms with van der Waals surface area (Å²) in [7, 11) is 3.02. The molecule has 0 fully saturated rings. The van der Waals surface area contributed by atoms with Crippen molar-refractivity contribution in [3.63, 3.8) is 0 Å². The van der Waals surface area contributed by atoms with Crippen molar-refractivity contribution in [2.24, 2.45) is 0 Å². The van der Waals surface area contributed by atoms with Gasteiger partial charge in [-0.05, 0) is 12.6 Å². The lowest BCUT2D eigenvalue weighted by Gasteiger charge is -2.03. The molecule has 1 aromatic rings. The topological polar surface area (TPSA) is 44.2 Å². The Bertz CT molecular complexity index is 254. The lowest BCUT2D eigenvalue weighted by molar-refractivity contribution is 0.337. The summed E-state index contributed by atoms with van der Waals surface area (Å²) in [5.74, 6) is 0.855. The van der Waals surface area contributed by atoms with Gasteiger partial charge in [-0.25, -0.2) is 4.98 Å². The molecule has 0 saturated carbocycles. The molecule has 1 rings (SSSR count). The average molecular weight is 171 g/mol. The zero-order valence-corrected chi connectivity index (χ0v) is 7.01. The summed E-state index contributed by atoms with van der Waals surface area (Å²) < 4.78 is 9.77. The van der Waals surface area contributed by atoms with Gasteiger partial charge in [0.2, 0.25) is 5.16 Å². The van der Waals surface area contributed by atoms with Gasteiger partial charge in [0, 0.05) is 0 Å². The summed E-state index contributed by atoms with van der Waals surface area (Å²) in [4.78, 5) is 7.58. The zero-order valence-electron chi connectivity index (χ0n) is 6.20. The van der Waals surface area contributed by atoms with Crippen molar-refractivity contribution in [2.75, 3.05) is 14.2 Å². The van der Waals surface area contributed by atoms with Crippen molar-refractivity contribution < 1.29 is 9.47 Å². The summed E-state index contributed by atoms with van der Waals surface area (Å²) in [5, 5.41) is 0.252. The summed E-state index contributed by atoms with van der Waals surface area (Å²) in [6.45, 7) is 0. The van der Waals surface area contributed by atoms with Crippen molar-refractivity contribution in [2.45, 2.75) is 5.16 Å². The predicted octanol–water partition coefficient (Wildman–Crippen LogP) is 1.05. The number of nitrogens with zero attached hydrogens (tertiary/aromatic N) is 2. The minimum absolute atomic E-state index is 0.252. The standard InChI is InChI=1S/C6H7N2O2S/c1-9-4-3-7-6(11)8-5(4)10-2/h3H,1-2H3. The Morgan fingerprint density at radius 3 is 2.64 bits per heavy atom. The number of rotatable bonds is 2. The molecule has 0 spiro atoms. The first-order chi connectivity index (χ1) is 5.27. The van der Waals surface area contributed by atoms with Crippen LogP contribution in [0.15, 0.2) is 11.4 Å². The van der Waals surface area contributed by atoms with E-state index in [0.717, 1.165) is 0 Å². The molecule has 11 heavy (non-hydrogen) atoms. The van der Waals surface area contributed by atoms with Gasteiger partial charge in [-0.2, -0.15) is 4.98 Å². The number of aromatic nitrogens is 2. The van der Waals surface area contributed by atoms with E-state index in [1.54, 1.807) is 0 Å². The third-order valence-corrected chi connectivity index (χ3v) is 1.31. The molecule has 0 bridgehead atoms. The van der Waals surface area contributed by atoms with E-state index in [2.05, 4.69) is 9.97 Å². The van der Waals surface area contributed by atoms with Crippen LogP contribution < -0.4 is 9.47 Å². The summed E-state index contributed by atoms with van der Waals surface area (Å²) in [6, 6.07) is 0. The maximum Gasteiger partial charge on any atom is 0.261 e. The number of hydrogen-bond donors (Lipinski definition) is 0. The molecule has 0 N–H and O–H groups in total. The SMILES string of the molecule is COc1cnc([S])nc1OC. The van der Waals surface area contributed by atoms with E-state index in [1.165, 1.54) is 20.4 Å². The highest BCUT2D eigenvalue weighted by molar-refractivity contribution is 7.80. The molecule has 1 aromatic heterocycles. The third kappa shape index (κ3) is 1.68. The predicted molar refractivity (Wildman–Crippen MR) is 41.0 cm³/mol. The lowest BCUT2D eigenvalue weighted by atomic mass is 10.6. The maximum absolute atomic E-state index is 4.89. The van der Waals surface area contributed by atoms with Crippen molar-refractivity contribution in [3.05, 3.63) is 6.20 Å². The van der Waals surface area contributed by atoms with Crippen LogP contribution >= 0.6 is 12.6 Å². The molecule has 0 aliphatic heterocycles. The van der Waals surface area contributed by atoms with Crippen molar-refractivity contribution >= 4 is 12.6 Å². The van der Waals surface area contributed by atoms with Crippen LogP contribution in [0.25, 0.3) is 0 Å². The van der Waals surface area contributed by atoms with Gasteiger partial charge in [-0.15, -0.1) is 0 Å². The number of hydrogen-bond acceptors (Lipinski definition) is 4. The van der Waals surface area contributed by atoms with Gasteiger partial charge in [-0.1, -0.05) is 0 Å². The Labute approximate surface area is 70.0 Å². The second-order valence-corrected chi connectivity index (χ2v) is 2.10. The molecular formula is C6H7N2O2S. The Morgan fingerprint density at radius 2 is 2.09 bits per heavy atom. The molecule has 5 heteroatoms. The van der Waals surface area contributed by atoms with E-state index in [1.807, 2.05) is 0 Å². The van der Waals surface area contributed by atoms with Gasteiger partial charge in [0.1, 0.15) is 0 Å². The minimum atomic E-state index is 0.252. The third-order valence-electron chi connectivity index (χ3n) is 1.11. The molecule has 0 unspecified atom stereocenters. The van der Waals surface area contributed by atoms with Crippen LogP contribution in [-0.4, -0.2) is 24.2 Å². The maximum atomic E-state index is 4.89. The van der Waals surface area contributed by atoms with Gasteiger partial charge in [0.05, 0.1) is 20.4 Å². The second kappa shape index (κ2) is 3.34. The quantitative estimate of drug-likeness (QED) is 0.624. The van der Waals surface area contributed by atoms with Crippen LogP contribution in [0, 0.1) is 0 Å². The molecular weight excluding hydrogens is 164 g/mol. The van der Waals surface area contributed by atoms with Crippen LogP contribution in [0.1, 0.15) is 0 Å². The van der Waals surface area contributed by atoms with Crippen LogP contribution in [0.5, 0.6) is 11.6 Å². The molecule has 1 radical (unpaired) electrons. The van der Waals surface area contributed by atoms with Crippen LogP contribution in [0.4, 0.5) is 0 Å². The molecule has 59 valence electrons. The Morgan fingerprint density at radius 1 is 1.36 bits per heavy atom. The highest BCUT2D eigenvalue weighted by Crippen LogP contribution is 2.22. The second-order valence-electron chi connectivity index (χ2n) is 1.73. The molecule has 0 aliphatic rings. The first-order valence-electron chi connectivity index (χ1n) is 2.90.